The van der Waals surface area contributed by atoms with Crippen molar-refractivity contribution in [1.82, 2.24) is 14.5 Å². The van der Waals surface area contributed by atoms with E-state index in [0.717, 1.165) is 16.5 Å². The monoisotopic (exact) mass is 378 g/mol. The van der Waals surface area contributed by atoms with Crippen LogP contribution in [0.1, 0.15) is 16.1 Å². The van der Waals surface area contributed by atoms with Gasteiger partial charge in [-0.05, 0) is 29.8 Å². The number of aromatic amines is 1. The predicted molar refractivity (Wildman–Crippen MR) is 105 cm³/mol. The third kappa shape index (κ3) is 3.47. The molecule has 2 N–H and O–H groups in total. The fourth-order valence-electron chi connectivity index (χ4n) is 2.91. The zero-order valence-electron chi connectivity index (χ0n) is 14.1. The molecular weight excluding hydrogens is 364 g/mol. The number of hydrogen-bond donors (Lipinski definition) is 2. The number of benzene rings is 2. The van der Waals surface area contributed by atoms with E-state index in [2.05, 4.69) is 15.3 Å². The molecule has 0 aliphatic carbocycles. The maximum Gasteiger partial charge on any atom is 0.347 e. The standard InChI is InChI=1S/C20H15ClN4O2/c21-17-15-7-1-2-8-16(15)24-18(17)19(26)23-14-6-3-5-13(11-14)12-25-10-4-9-22-20(25)27/h1-11,24H,12H2,(H,23,26). The molecule has 2 aromatic heterocycles. The van der Waals surface area contributed by atoms with Crippen LogP contribution < -0.4 is 11.0 Å². The van der Waals surface area contributed by atoms with E-state index in [1.54, 1.807) is 18.3 Å². The van der Waals surface area contributed by atoms with E-state index in [9.17, 15) is 9.59 Å². The summed E-state index contributed by atoms with van der Waals surface area (Å²) in [5, 5.41) is 4.03. The summed E-state index contributed by atoms with van der Waals surface area (Å²) < 4.78 is 1.50. The lowest BCUT2D eigenvalue weighted by Gasteiger charge is -2.08. The first-order valence-corrected chi connectivity index (χ1v) is 8.67. The van der Waals surface area contributed by atoms with Crippen LogP contribution in [-0.4, -0.2) is 20.4 Å². The first-order chi connectivity index (χ1) is 13.1. The Morgan fingerprint density at radius 2 is 2.00 bits per heavy atom. The highest BCUT2D eigenvalue weighted by atomic mass is 35.5. The molecule has 0 aliphatic rings. The zero-order chi connectivity index (χ0) is 18.8. The molecule has 0 saturated carbocycles. The highest BCUT2D eigenvalue weighted by molar-refractivity contribution is 6.39. The molecule has 27 heavy (non-hydrogen) atoms. The molecule has 0 aliphatic heterocycles. The van der Waals surface area contributed by atoms with E-state index in [1.165, 1.54) is 10.8 Å². The van der Waals surface area contributed by atoms with Crippen LogP contribution in [0.5, 0.6) is 0 Å². The molecule has 0 unspecified atom stereocenters. The van der Waals surface area contributed by atoms with Crippen molar-refractivity contribution in [3.05, 3.63) is 93.8 Å². The molecule has 0 bridgehead atoms. The molecule has 6 nitrogen and oxygen atoms in total. The molecule has 0 radical (unpaired) electrons. The number of carbonyl (C=O) groups excluding carboxylic acids is 1. The van der Waals surface area contributed by atoms with Gasteiger partial charge in [0.15, 0.2) is 0 Å². The molecule has 2 aromatic carbocycles. The highest BCUT2D eigenvalue weighted by Crippen LogP contribution is 2.27. The van der Waals surface area contributed by atoms with E-state index in [-0.39, 0.29) is 11.6 Å². The minimum absolute atomic E-state index is 0.312. The third-order valence-electron chi connectivity index (χ3n) is 4.19. The summed E-state index contributed by atoms with van der Waals surface area (Å²) in [5.74, 6) is -0.327. The van der Waals surface area contributed by atoms with Crippen molar-refractivity contribution in [2.45, 2.75) is 6.54 Å². The Morgan fingerprint density at radius 1 is 1.15 bits per heavy atom. The highest BCUT2D eigenvalue weighted by Gasteiger charge is 2.16. The summed E-state index contributed by atoms with van der Waals surface area (Å²) in [6.07, 6.45) is 3.13. The van der Waals surface area contributed by atoms with Gasteiger partial charge >= 0.3 is 5.69 Å². The number of nitrogens with zero attached hydrogens (tertiary/aromatic N) is 2. The van der Waals surface area contributed by atoms with Gasteiger partial charge < -0.3 is 10.3 Å². The quantitative estimate of drug-likeness (QED) is 0.568. The average molecular weight is 379 g/mol. The molecule has 0 fully saturated rings. The van der Waals surface area contributed by atoms with Crippen LogP contribution in [0, 0.1) is 0 Å². The number of carbonyl (C=O) groups is 1. The smallest absolute Gasteiger partial charge is 0.347 e. The SMILES string of the molecule is O=C(Nc1cccc(Cn2cccnc2=O)c1)c1[nH]c2ccccc2c1Cl. The summed E-state index contributed by atoms with van der Waals surface area (Å²) >= 11 is 6.34. The second-order valence-corrected chi connectivity index (χ2v) is 6.42. The number of nitrogens with one attached hydrogen (secondary N) is 2. The minimum atomic E-state index is -0.327. The van der Waals surface area contributed by atoms with Crippen molar-refractivity contribution >= 4 is 34.1 Å². The number of H-pyrrole nitrogens is 1. The van der Waals surface area contributed by atoms with Gasteiger partial charge in [0.2, 0.25) is 0 Å². The van der Waals surface area contributed by atoms with Crippen molar-refractivity contribution in [2.75, 3.05) is 5.32 Å². The van der Waals surface area contributed by atoms with Gasteiger partial charge in [0, 0.05) is 29.0 Å². The van der Waals surface area contributed by atoms with Crippen LogP contribution in [0.3, 0.4) is 0 Å². The summed E-state index contributed by atoms with van der Waals surface area (Å²) in [6.45, 7) is 0.365. The van der Waals surface area contributed by atoms with Crippen molar-refractivity contribution in [2.24, 2.45) is 0 Å². The molecule has 0 atom stereocenters. The molecule has 2 heterocycles. The summed E-state index contributed by atoms with van der Waals surface area (Å²) in [6, 6.07) is 16.5. The predicted octanol–water partition coefficient (Wildman–Crippen LogP) is 3.68. The second-order valence-electron chi connectivity index (χ2n) is 6.04. The fourth-order valence-corrected chi connectivity index (χ4v) is 3.21. The summed E-state index contributed by atoms with van der Waals surface area (Å²) in [4.78, 5) is 31.2. The molecule has 0 spiro atoms. The lowest BCUT2D eigenvalue weighted by Crippen LogP contribution is -2.22. The first kappa shape index (κ1) is 17.1. The Balaban J connectivity index is 1.57. The number of aromatic nitrogens is 3. The molecule has 7 heteroatoms. The Kier molecular flexibility index (Phi) is 4.48. The minimum Gasteiger partial charge on any atom is -0.349 e. The zero-order valence-corrected chi connectivity index (χ0v) is 14.9. The molecule has 134 valence electrons. The third-order valence-corrected chi connectivity index (χ3v) is 4.58. The number of rotatable bonds is 4. The summed E-state index contributed by atoms with van der Waals surface area (Å²) in [5.41, 5.74) is 2.27. The molecule has 0 saturated heterocycles. The van der Waals surface area contributed by atoms with Crippen molar-refractivity contribution in [3.63, 3.8) is 0 Å². The van der Waals surface area contributed by atoms with E-state index in [0.29, 0.717) is 22.9 Å². The Bertz CT molecular complexity index is 1200. The number of amides is 1. The Labute approximate surface area is 159 Å². The Hall–Kier alpha value is -3.38. The van der Waals surface area contributed by atoms with Crippen LogP contribution in [0.2, 0.25) is 5.02 Å². The van der Waals surface area contributed by atoms with Crippen LogP contribution >= 0.6 is 11.6 Å². The lowest BCUT2D eigenvalue weighted by molar-refractivity contribution is 0.102. The number of para-hydroxylation sites is 1. The van der Waals surface area contributed by atoms with Gasteiger partial charge in [-0.2, -0.15) is 0 Å². The van der Waals surface area contributed by atoms with Crippen molar-refractivity contribution < 1.29 is 4.79 Å². The molecule has 4 aromatic rings. The van der Waals surface area contributed by atoms with Crippen LogP contribution in [0.4, 0.5) is 5.69 Å². The maximum absolute atomic E-state index is 12.6. The van der Waals surface area contributed by atoms with E-state index < -0.39 is 0 Å². The number of hydrogen-bond acceptors (Lipinski definition) is 3. The van der Waals surface area contributed by atoms with Gasteiger partial charge in [0.1, 0.15) is 5.69 Å². The van der Waals surface area contributed by atoms with Gasteiger partial charge in [-0.3, -0.25) is 9.36 Å². The normalized spacial score (nSPS) is 10.9. The number of anilines is 1. The largest absolute Gasteiger partial charge is 0.349 e. The number of halogens is 1. The van der Waals surface area contributed by atoms with E-state index in [1.807, 2.05) is 42.5 Å². The van der Waals surface area contributed by atoms with E-state index in [4.69, 9.17) is 11.6 Å². The van der Waals surface area contributed by atoms with Crippen LogP contribution in [-0.2, 0) is 6.54 Å². The van der Waals surface area contributed by atoms with Gasteiger partial charge in [-0.1, -0.05) is 41.9 Å². The van der Waals surface area contributed by atoms with E-state index >= 15 is 0 Å². The first-order valence-electron chi connectivity index (χ1n) is 8.30. The topological polar surface area (TPSA) is 79.8 Å². The van der Waals surface area contributed by atoms with Crippen LogP contribution in [0.25, 0.3) is 10.9 Å². The Morgan fingerprint density at radius 3 is 2.81 bits per heavy atom. The van der Waals surface area contributed by atoms with Crippen molar-refractivity contribution in [3.8, 4) is 0 Å². The van der Waals surface area contributed by atoms with Gasteiger partial charge in [-0.15, -0.1) is 0 Å². The number of fused-ring (bicyclic) bond motifs is 1. The summed E-state index contributed by atoms with van der Waals surface area (Å²) in [7, 11) is 0. The molecular formula is C20H15ClN4O2. The van der Waals surface area contributed by atoms with Gasteiger partial charge in [-0.25, -0.2) is 9.78 Å². The van der Waals surface area contributed by atoms with Gasteiger partial charge in [0.05, 0.1) is 11.6 Å². The van der Waals surface area contributed by atoms with Crippen LogP contribution in [0.15, 0.2) is 71.8 Å². The molecule has 1 amide bonds. The average Bonchev–Trinajstić information content (AvgIpc) is 3.01. The van der Waals surface area contributed by atoms with Gasteiger partial charge in [0.25, 0.3) is 5.91 Å². The second kappa shape index (κ2) is 7.09. The molecule has 4 rings (SSSR count). The van der Waals surface area contributed by atoms with Crippen molar-refractivity contribution in [1.29, 1.82) is 0 Å². The fraction of sp³-hybridized carbons (Fsp3) is 0.0500. The lowest BCUT2D eigenvalue weighted by atomic mass is 10.2. The maximum atomic E-state index is 12.6.